The number of rotatable bonds is 4. The number of halogens is 1. The van der Waals surface area contributed by atoms with Crippen molar-refractivity contribution in [2.75, 3.05) is 7.05 Å². The Morgan fingerprint density at radius 2 is 1.68 bits per heavy atom. The molecule has 0 saturated carbocycles. The molecule has 3 rings (SSSR count). The molecule has 1 aromatic heterocycles. The van der Waals surface area contributed by atoms with Crippen molar-refractivity contribution >= 4 is 27.0 Å². The standard InChI is InChI=1S/C17H18BrN3O/c1-19(11-13-7-9-14(18)10-8-13)12-21-16-6-4-3-5-15(16)20(2)17(21)22/h3-10H,11-12H2,1-2H3. The number of imidazole rings is 1. The molecule has 5 heteroatoms. The lowest BCUT2D eigenvalue weighted by Crippen LogP contribution is -2.30. The summed E-state index contributed by atoms with van der Waals surface area (Å²) in [4.78, 5) is 14.5. The van der Waals surface area contributed by atoms with Crippen molar-refractivity contribution in [2.45, 2.75) is 13.2 Å². The Bertz CT molecular complexity index is 848. The van der Waals surface area contributed by atoms with Crippen molar-refractivity contribution in [3.8, 4) is 0 Å². The summed E-state index contributed by atoms with van der Waals surface area (Å²) in [7, 11) is 3.84. The van der Waals surface area contributed by atoms with Gasteiger partial charge in [-0.05, 0) is 36.9 Å². The highest BCUT2D eigenvalue weighted by Gasteiger charge is 2.11. The molecule has 22 heavy (non-hydrogen) atoms. The van der Waals surface area contributed by atoms with Crippen molar-refractivity contribution in [2.24, 2.45) is 7.05 Å². The molecule has 3 aromatic rings. The normalized spacial score (nSPS) is 11.5. The maximum atomic E-state index is 12.4. The summed E-state index contributed by atoms with van der Waals surface area (Å²) in [6.45, 7) is 1.36. The van der Waals surface area contributed by atoms with E-state index in [9.17, 15) is 4.79 Å². The van der Waals surface area contributed by atoms with Crippen molar-refractivity contribution in [3.63, 3.8) is 0 Å². The first-order valence-corrected chi connectivity index (χ1v) is 7.93. The minimum atomic E-state index is 0.0175. The van der Waals surface area contributed by atoms with Gasteiger partial charge in [-0.3, -0.25) is 14.0 Å². The second-order valence-corrected chi connectivity index (χ2v) is 6.46. The van der Waals surface area contributed by atoms with Crippen LogP contribution in [0.25, 0.3) is 11.0 Å². The number of aryl methyl sites for hydroxylation is 1. The SMILES string of the molecule is CN(Cc1ccc(Br)cc1)Cn1c(=O)n(C)c2ccccc21. The Morgan fingerprint density at radius 3 is 2.36 bits per heavy atom. The van der Waals surface area contributed by atoms with Crippen LogP contribution in [0.5, 0.6) is 0 Å². The van der Waals surface area contributed by atoms with Crippen molar-refractivity contribution in [3.05, 3.63) is 69.1 Å². The smallest absolute Gasteiger partial charge is 0.295 e. The first-order chi connectivity index (χ1) is 10.6. The third kappa shape index (κ3) is 2.87. The lowest BCUT2D eigenvalue weighted by Gasteiger charge is -2.17. The number of hydrogen-bond donors (Lipinski definition) is 0. The molecule has 0 radical (unpaired) electrons. The molecule has 1 heterocycles. The molecule has 2 aromatic carbocycles. The van der Waals surface area contributed by atoms with E-state index in [4.69, 9.17) is 0 Å². The van der Waals surface area contributed by atoms with Crippen LogP contribution in [0, 0.1) is 0 Å². The summed E-state index contributed by atoms with van der Waals surface area (Å²) in [5.74, 6) is 0. The molecule has 0 aliphatic rings. The van der Waals surface area contributed by atoms with Crippen LogP contribution in [0.15, 0.2) is 57.8 Å². The number of hydrogen-bond acceptors (Lipinski definition) is 2. The zero-order valence-corrected chi connectivity index (χ0v) is 14.2. The van der Waals surface area contributed by atoms with Crippen LogP contribution in [0.3, 0.4) is 0 Å². The predicted octanol–water partition coefficient (Wildman–Crippen LogP) is 3.19. The van der Waals surface area contributed by atoms with Gasteiger partial charge in [0.15, 0.2) is 0 Å². The molecule has 0 atom stereocenters. The minimum absolute atomic E-state index is 0.0175. The number of nitrogens with zero attached hydrogens (tertiary/aromatic N) is 3. The molecule has 0 saturated heterocycles. The van der Waals surface area contributed by atoms with Gasteiger partial charge in [0.25, 0.3) is 0 Å². The topological polar surface area (TPSA) is 30.2 Å². The highest BCUT2D eigenvalue weighted by atomic mass is 79.9. The van der Waals surface area contributed by atoms with E-state index in [0.29, 0.717) is 6.67 Å². The second-order valence-electron chi connectivity index (χ2n) is 5.54. The Kier molecular flexibility index (Phi) is 4.18. The van der Waals surface area contributed by atoms with Crippen molar-refractivity contribution in [1.29, 1.82) is 0 Å². The Balaban J connectivity index is 1.85. The van der Waals surface area contributed by atoms with Gasteiger partial charge in [-0.25, -0.2) is 4.79 Å². The molecule has 4 nitrogen and oxygen atoms in total. The third-order valence-electron chi connectivity index (χ3n) is 3.80. The van der Waals surface area contributed by atoms with Gasteiger partial charge in [0.05, 0.1) is 17.7 Å². The fourth-order valence-electron chi connectivity index (χ4n) is 2.69. The van der Waals surface area contributed by atoms with Crippen molar-refractivity contribution < 1.29 is 0 Å². The molecule has 114 valence electrons. The second kappa shape index (κ2) is 6.10. The molecule has 0 bridgehead atoms. The highest BCUT2D eigenvalue weighted by Crippen LogP contribution is 2.14. The molecule has 0 N–H and O–H groups in total. The molecule has 0 aliphatic carbocycles. The molecule has 0 fully saturated rings. The summed E-state index contributed by atoms with van der Waals surface area (Å²) in [6, 6.07) is 16.1. The maximum Gasteiger partial charge on any atom is 0.329 e. The Labute approximate surface area is 137 Å². The van der Waals surface area contributed by atoms with Crippen LogP contribution in [-0.2, 0) is 20.3 Å². The molecule has 0 aliphatic heterocycles. The third-order valence-corrected chi connectivity index (χ3v) is 4.33. The summed E-state index contributed by atoms with van der Waals surface area (Å²) in [6.07, 6.45) is 0. The van der Waals surface area contributed by atoms with Gasteiger partial charge in [-0.2, -0.15) is 0 Å². The number of benzene rings is 2. The average Bonchev–Trinajstić information content (AvgIpc) is 2.75. The minimum Gasteiger partial charge on any atom is -0.295 e. The average molecular weight is 360 g/mol. The van der Waals surface area contributed by atoms with Crippen LogP contribution in [0.2, 0.25) is 0 Å². The quantitative estimate of drug-likeness (QED) is 0.715. The zero-order valence-electron chi connectivity index (χ0n) is 12.7. The Morgan fingerprint density at radius 1 is 1.05 bits per heavy atom. The molecule has 0 unspecified atom stereocenters. The molecule has 0 spiro atoms. The van der Waals surface area contributed by atoms with Crippen LogP contribution in [-0.4, -0.2) is 21.1 Å². The first kappa shape index (κ1) is 15.1. The van der Waals surface area contributed by atoms with Crippen LogP contribution in [0.4, 0.5) is 0 Å². The van der Waals surface area contributed by atoms with Gasteiger partial charge in [0.2, 0.25) is 0 Å². The molecular weight excluding hydrogens is 342 g/mol. The highest BCUT2D eigenvalue weighted by molar-refractivity contribution is 9.10. The summed E-state index contributed by atoms with van der Waals surface area (Å²) in [5.41, 5.74) is 3.17. The molecular formula is C17H18BrN3O. The summed E-state index contributed by atoms with van der Waals surface area (Å²) >= 11 is 3.44. The lowest BCUT2D eigenvalue weighted by atomic mass is 10.2. The lowest BCUT2D eigenvalue weighted by molar-refractivity contribution is 0.260. The zero-order chi connectivity index (χ0) is 15.7. The van der Waals surface area contributed by atoms with E-state index in [0.717, 1.165) is 22.1 Å². The van der Waals surface area contributed by atoms with E-state index < -0.39 is 0 Å². The predicted molar refractivity (Wildman–Crippen MR) is 92.8 cm³/mol. The van der Waals surface area contributed by atoms with E-state index in [1.54, 1.807) is 4.57 Å². The largest absolute Gasteiger partial charge is 0.329 e. The van der Waals surface area contributed by atoms with Gasteiger partial charge >= 0.3 is 5.69 Å². The van der Waals surface area contributed by atoms with Crippen LogP contribution in [0.1, 0.15) is 5.56 Å². The van der Waals surface area contributed by atoms with Gasteiger partial charge in [-0.15, -0.1) is 0 Å². The van der Waals surface area contributed by atoms with Crippen LogP contribution >= 0.6 is 15.9 Å². The van der Waals surface area contributed by atoms with E-state index >= 15 is 0 Å². The fraction of sp³-hybridized carbons (Fsp3) is 0.235. The van der Waals surface area contributed by atoms with Gasteiger partial charge in [0, 0.05) is 18.1 Å². The van der Waals surface area contributed by atoms with Crippen molar-refractivity contribution in [1.82, 2.24) is 14.0 Å². The van der Waals surface area contributed by atoms with Crippen LogP contribution < -0.4 is 5.69 Å². The van der Waals surface area contributed by atoms with Gasteiger partial charge in [-0.1, -0.05) is 40.2 Å². The van der Waals surface area contributed by atoms with Gasteiger partial charge in [0.1, 0.15) is 0 Å². The first-order valence-electron chi connectivity index (χ1n) is 7.13. The van der Waals surface area contributed by atoms with E-state index in [1.165, 1.54) is 5.56 Å². The van der Waals surface area contributed by atoms with Gasteiger partial charge < -0.3 is 0 Å². The number of aromatic nitrogens is 2. The van der Waals surface area contributed by atoms with E-state index in [1.807, 2.05) is 55.1 Å². The fourth-order valence-corrected chi connectivity index (χ4v) is 2.96. The number of para-hydroxylation sites is 2. The Hall–Kier alpha value is -1.85. The maximum absolute atomic E-state index is 12.4. The summed E-state index contributed by atoms with van der Waals surface area (Å²) < 4.78 is 4.58. The number of fused-ring (bicyclic) bond motifs is 1. The monoisotopic (exact) mass is 359 g/mol. The molecule has 0 amide bonds. The van der Waals surface area contributed by atoms with E-state index in [-0.39, 0.29) is 5.69 Å². The summed E-state index contributed by atoms with van der Waals surface area (Å²) in [5, 5.41) is 0. The van der Waals surface area contributed by atoms with E-state index in [2.05, 4.69) is 33.0 Å².